The van der Waals surface area contributed by atoms with Gasteiger partial charge in [0.1, 0.15) is 0 Å². The molecule has 24 heavy (non-hydrogen) atoms. The van der Waals surface area contributed by atoms with Gasteiger partial charge in [0.05, 0.1) is 6.26 Å². The highest BCUT2D eigenvalue weighted by molar-refractivity contribution is 7.88. The van der Waals surface area contributed by atoms with E-state index in [4.69, 9.17) is 0 Å². The maximum atomic E-state index is 12.2. The van der Waals surface area contributed by atoms with Crippen LogP contribution < -0.4 is 5.32 Å². The maximum Gasteiger partial charge on any atom is 0.223 e. The second-order valence-corrected chi connectivity index (χ2v) is 9.30. The Bertz CT molecular complexity index is 501. The van der Waals surface area contributed by atoms with E-state index in [2.05, 4.69) is 17.1 Å². The van der Waals surface area contributed by atoms with Crippen LogP contribution in [0.2, 0.25) is 0 Å². The van der Waals surface area contributed by atoms with Crippen LogP contribution in [0.4, 0.5) is 0 Å². The van der Waals surface area contributed by atoms with Gasteiger partial charge in [-0.1, -0.05) is 6.42 Å². The summed E-state index contributed by atoms with van der Waals surface area (Å²) in [6.45, 7) is 6.31. The van der Waals surface area contributed by atoms with Gasteiger partial charge in [0.2, 0.25) is 15.9 Å². The number of nitrogens with zero attached hydrogens (tertiary/aromatic N) is 2. The fraction of sp³-hybridized carbons (Fsp3) is 0.941. The van der Waals surface area contributed by atoms with Crippen LogP contribution in [0, 0.1) is 5.92 Å². The smallest absolute Gasteiger partial charge is 0.223 e. The van der Waals surface area contributed by atoms with Crippen molar-refractivity contribution in [2.45, 2.75) is 57.9 Å². The number of carbonyl (C=O) groups excluding carboxylic acids is 1. The van der Waals surface area contributed by atoms with Gasteiger partial charge in [-0.25, -0.2) is 12.7 Å². The molecule has 0 aliphatic carbocycles. The van der Waals surface area contributed by atoms with Gasteiger partial charge in [-0.3, -0.25) is 4.79 Å². The lowest BCUT2D eigenvalue weighted by molar-refractivity contribution is -0.126. The third-order valence-corrected chi connectivity index (χ3v) is 6.71. The summed E-state index contributed by atoms with van der Waals surface area (Å²) in [6, 6.07) is 0.702. The molecule has 1 amide bonds. The van der Waals surface area contributed by atoms with E-state index >= 15 is 0 Å². The zero-order valence-electron chi connectivity index (χ0n) is 15.2. The third-order valence-electron chi connectivity index (χ3n) is 5.41. The molecule has 2 rings (SSSR count). The van der Waals surface area contributed by atoms with Crippen LogP contribution in [0.15, 0.2) is 0 Å². The predicted molar refractivity (Wildman–Crippen MR) is 96.3 cm³/mol. The topological polar surface area (TPSA) is 69.7 Å². The zero-order chi connectivity index (χ0) is 17.6. The van der Waals surface area contributed by atoms with Crippen LogP contribution in [0.1, 0.15) is 51.9 Å². The molecule has 1 unspecified atom stereocenters. The Morgan fingerprint density at radius 1 is 1.08 bits per heavy atom. The minimum absolute atomic E-state index is 0.0369. The van der Waals surface area contributed by atoms with Crippen molar-refractivity contribution in [3.8, 4) is 0 Å². The molecule has 2 fully saturated rings. The first-order valence-electron chi connectivity index (χ1n) is 9.35. The predicted octanol–water partition coefficient (Wildman–Crippen LogP) is 1.43. The van der Waals surface area contributed by atoms with Gasteiger partial charge in [0, 0.05) is 31.6 Å². The number of rotatable bonds is 7. The van der Waals surface area contributed by atoms with Crippen LogP contribution in [0.5, 0.6) is 0 Å². The maximum absolute atomic E-state index is 12.2. The number of hydrogen-bond acceptors (Lipinski definition) is 4. The molecule has 140 valence electrons. The van der Waals surface area contributed by atoms with Crippen LogP contribution in [0.25, 0.3) is 0 Å². The summed E-state index contributed by atoms with van der Waals surface area (Å²) in [5, 5.41) is 3.03. The Kier molecular flexibility index (Phi) is 7.50. The molecule has 7 heteroatoms. The lowest BCUT2D eigenvalue weighted by Crippen LogP contribution is -2.42. The first kappa shape index (κ1) is 19.7. The molecule has 0 aromatic rings. The average Bonchev–Trinajstić information content (AvgIpc) is 2.55. The quantitative estimate of drug-likeness (QED) is 0.698. The van der Waals surface area contributed by atoms with Crippen molar-refractivity contribution in [3.63, 3.8) is 0 Å². The zero-order valence-corrected chi connectivity index (χ0v) is 16.0. The standard InChI is InChI=1S/C17H33N3O3S/c1-15-7-3-5-11-19(15)12-6-4-10-18-17(21)16-8-13-20(14-9-16)24(2,22)23/h15-16H,3-14H2,1-2H3,(H,18,21). The molecular formula is C17H33N3O3S. The molecule has 2 heterocycles. The van der Waals surface area contributed by atoms with Gasteiger partial charge in [-0.15, -0.1) is 0 Å². The van der Waals surface area contributed by atoms with Crippen molar-refractivity contribution in [1.82, 2.24) is 14.5 Å². The van der Waals surface area contributed by atoms with Crippen molar-refractivity contribution in [2.75, 3.05) is 39.0 Å². The van der Waals surface area contributed by atoms with Crippen LogP contribution in [-0.2, 0) is 14.8 Å². The summed E-state index contributed by atoms with van der Waals surface area (Å²) in [4.78, 5) is 14.7. The first-order valence-corrected chi connectivity index (χ1v) is 11.2. The molecule has 0 spiro atoms. The largest absolute Gasteiger partial charge is 0.356 e. The molecular weight excluding hydrogens is 326 g/mol. The Hall–Kier alpha value is -0.660. The molecule has 0 aromatic heterocycles. The summed E-state index contributed by atoms with van der Waals surface area (Å²) in [5.41, 5.74) is 0. The van der Waals surface area contributed by atoms with E-state index in [-0.39, 0.29) is 11.8 Å². The number of amides is 1. The average molecular weight is 360 g/mol. The van der Waals surface area contributed by atoms with Crippen LogP contribution in [0.3, 0.4) is 0 Å². The summed E-state index contributed by atoms with van der Waals surface area (Å²) < 4.78 is 24.4. The van der Waals surface area contributed by atoms with E-state index in [0.717, 1.165) is 25.9 Å². The van der Waals surface area contributed by atoms with Gasteiger partial charge in [-0.2, -0.15) is 0 Å². The molecule has 6 nitrogen and oxygen atoms in total. The van der Waals surface area contributed by atoms with Gasteiger partial charge in [-0.05, 0) is 58.5 Å². The summed E-state index contributed by atoms with van der Waals surface area (Å²) in [5.74, 6) is 0.0552. The van der Waals surface area contributed by atoms with Crippen LogP contribution >= 0.6 is 0 Å². The van der Waals surface area contributed by atoms with Gasteiger partial charge >= 0.3 is 0 Å². The number of piperidine rings is 2. The highest BCUT2D eigenvalue weighted by Gasteiger charge is 2.28. The van der Waals surface area contributed by atoms with Crippen molar-refractivity contribution >= 4 is 15.9 Å². The van der Waals surface area contributed by atoms with E-state index in [1.807, 2.05) is 0 Å². The van der Waals surface area contributed by atoms with E-state index in [1.165, 1.54) is 36.4 Å². The first-order chi connectivity index (χ1) is 11.4. The number of likely N-dealkylation sites (tertiary alicyclic amines) is 1. The van der Waals surface area contributed by atoms with E-state index in [0.29, 0.717) is 32.0 Å². The fourth-order valence-corrected chi connectivity index (χ4v) is 4.61. The third kappa shape index (κ3) is 6.01. The number of carbonyl (C=O) groups is 1. The monoisotopic (exact) mass is 359 g/mol. The Morgan fingerprint density at radius 3 is 2.42 bits per heavy atom. The summed E-state index contributed by atoms with van der Waals surface area (Å²) >= 11 is 0. The molecule has 1 atom stereocenters. The van der Waals surface area contributed by atoms with Crippen molar-refractivity contribution in [2.24, 2.45) is 5.92 Å². The summed E-state index contributed by atoms with van der Waals surface area (Å²) in [6.07, 6.45) is 8.60. The molecule has 0 radical (unpaired) electrons. The fourth-order valence-electron chi connectivity index (χ4n) is 3.74. The molecule has 2 aliphatic rings. The van der Waals surface area contributed by atoms with E-state index in [9.17, 15) is 13.2 Å². The van der Waals surface area contributed by atoms with Crippen molar-refractivity contribution in [1.29, 1.82) is 0 Å². The highest BCUT2D eigenvalue weighted by atomic mass is 32.2. The number of sulfonamides is 1. The minimum atomic E-state index is -3.12. The van der Waals surface area contributed by atoms with Crippen LogP contribution in [-0.4, -0.2) is 68.6 Å². The lowest BCUT2D eigenvalue weighted by atomic mass is 9.97. The van der Waals surface area contributed by atoms with Crippen molar-refractivity contribution < 1.29 is 13.2 Å². The van der Waals surface area contributed by atoms with Crippen molar-refractivity contribution in [3.05, 3.63) is 0 Å². The highest BCUT2D eigenvalue weighted by Crippen LogP contribution is 2.19. The minimum Gasteiger partial charge on any atom is -0.356 e. The van der Waals surface area contributed by atoms with E-state index in [1.54, 1.807) is 0 Å². The Balaban J connectivity index is 1.57. The molecule has 0 aromatic carbocycles. The van der Waals surface area contributed by atoms with Gasteiger partial charge < -0.3 is 10.2 Å². The summed E-state index contributed by atoms with van der Waals surface area (Å²) in [7, 11) is -3.12. The molecule has 2 aliphatic heterocycles. The Labute approximate surface area is 147 Å². The second-order valence-electron chi connectivity index (χ2n) is 7.32. The molecule has 1 N–H and O–H groups in total. The number of unbranched alkanes of at least 4 members (excludes halogenated alkanes) is 1. The number of hydrogen-bond donors (Lipinski definition) is 1. The number of nitrogens with one attached hydrogen (secondary N) is 1. The SMILES string of the molecule is CC1CCCCN1CCCCNC(=O)C1CCN(S(C)(=O)=O)CC1. The van der Waals surface area contributed by atoms with Gasteiger partial charge in [0.15, 0.2) is 0 Å². The second kappa shape index (κ2) is 9.15. The molecule has 2 saturated heterocycles. The normalized spacial score (nSPS) is 24.8. The Morgan fingerprint density at radius 2 is 1.79 bits per heavy atom. The van der Waals surface area contributed by atoms with E-state index < -0.39 is 10.0 Å². The van der Waals surface area contributed by atoms with Gasteiger partial charge in [0.25, 0.3) is 0 Å². The molecule has 0 saturated carbocycles. The molecule has 0 bridgehead atoms. The lowest BCUT2D eigenvalue weighted by Gasteiger charge is -2.33.